The second-order valence-electron chi connectivity index (χ2n) is 8.13. The van der Waals surface area contributed by atoms with Crippen LogP contribution in [0.15, 0.2) is 35.3 Å². The predicted molar refractivity (Wildman–Crippen MR) is 127 cm³/mol. The van der Waals surface area contributed by atoms with Crippen LogP contribution in [0.1, 0.15) is 38.9 Å². The molecule has 0 spiro atoms. The first-order valence-corrected chi connectivity index (χ1v) is 10.6. The first-order valence-electron chi connectivity index (χ1n) is 10.6. The Morgan fingerprint density at radius 1 is 1.18 bits per heavy atom. The van der Waals surface area contributed by atoms with Crippen molar-refractivity contribution >= 4 is 29.9 Å². The van der Waals surface area contributed by atoms with E-state index >= 15 is 0 Å². The summed E-state index contributed by atoms with van der Waals surface area (Å²) in [5.41, 5.74) is 1.28. The Kier molecular flexibility index (Phi) is 10.0. The van der Waals surface area contributed by atoms with Crippen LogP contribution < -0.4 is 5.32 Å². The molecular weight excluding hydrogens is 463 g/mol. The van der Waals surface area contributed by atoms with Crippen molar-refractivity contribution in [2.24, 2.45) is 16.8 Å². The molecule has 1 aromatic carbocycles. The molecule has 6 heteroatoms. The number of guanidine groups is 1. The average molecular weight is 500 g/mol. The largest absolute Gasteiger partial charge is 0.373 e. The van der Waals surface area contributed by atoms with Gasteiger partial charge in [0.1, 0.15) is 0 Å². The zero-order valence-corrected chi connectivity index (χ0v) is 20.0. The Morgan fingerprint density at radius 2 is 1.89 bits per heavy atom. The lowest BCUT2D eigenvalue weighted by molar-refractivity contribution is 0.0924. The highest BCUT2D eigenvalue weighted by Crippen LogP contribution is 2.34. The van der Waals surface area contributed by atoms with Crippen LogP contribution in [0.5, 0.6) is 0 Å². The molecule has 0 amide bonds. The summed E-state index contributed by atoms with van der Waals surface area (Å²) in [7, 11) is 0. The molecule has 28 heavy (non-hydrogen) atoms. The van der Waals surface area contributed by atoms with Crippen LogP contribution in [0.25, 0.3) is 0 Å². The van der Waals surface area contributed by atoms with E-state index in [2.05, 4.69) is 66.2 Å². The first kappa shape index (κ1) is 23.4. The van der Waals surface area contributed by atoms with Crippen LogP contribution in [-0.2, 0) is 4.74 Å². The van der Waals surface area contributed by atoms with Gasteiger partial charge in [-0.05, 0) is 24.8 Å². The fraction of sp³-hybridized carbons (Fsp3) is 0.682. The summed E-state index contributed by atoms with van der Waals surface area (Å²) in [6.45, 7) is 14.9. The number of nitrogens with one attached hydrogen (secondary N) is 1. The van der Waals surface area contributed by atoms with E-state index in [0.717, 1.165) is 64.2 Å². The topological polar surface area (TPSA) is 40.1 Å². The fourth-order valence-electron chi connectivity index (χ4n) is 4.12. The predicted octanol–water partition coefficient (Wildman–Crippen LogP) is 3.62. The van der Waals surface area contributed by atoms with Crippen molar-refractivity contribution in [3.63, 3.8) is 0 Å². The summed E-state index contributed by atoms with van der Waals surface area (Å²) in [5, 5.41) is 3.50. The van der Waals surface area contributed by atoms with Gasteiger partial charge in [-0.1, -0.05) is 44.2 Å². The second-order valence-corrected chi connectivity index (χ2v) is 8.13. The number of piperazine rings is 1. The van der Waals surface area contributed by atoms with Gasteiger partial charge in [0, 0.05) is 58.3 Å². The summed E-state index contributed by atoms with van der Waals surface area (Å²) in [5.74, 6) is 2.26. The Morgan fingerprint density at radius 3 is 2.54 bits per heavy atom. The lowest BCUT2D eigenvalue weighted by Gasteiger charge is -2.37. The van der Waals surface area contributed by atoms with E-state index < -0.39 is 0 Å². The molecule has 3 rings (SSSR count). The Bertz CT molecular complexity index is 587. The molecule has 5 nitrogen and oxygen atoms in total. The van der Waals surface area contributed by atoms with Gasteiger partial charge in [0.05, 0.1) is 6.10 Å². The van der Waals surface area contributed by atoms with Crippen molar-refractivity contribution in [2.45, 2.75) is 33.3 Å². The quantitative estimate of drug-likeness (QED) is 0.368. The SMILES string of the molecule is CCNC(=NCC1CCOC1c1ccccc1)N1CCN(CC(C)C)CC1.I. The zero-order valence-electron chi connectivity index (χ0n) is 17.6. The van der Waals surface area contributed by atoms with E-state index in [1.165, 1.54) is 12.1 Å². The zero-order chi connectivity index (χ0) is 19.1. The van der Waals surface area contributed by atoms with Gasteiger partial charge in [0.2, 0.25) is 0 Å². The molecule has 2 fully saturated rings. The number of ether oxygens (including phenoxy) is 1. The van der Waals surface area contributed by atoms with Crippen LogP contribution >= 0.6 is 24.0 Å². The van der Waals surface area contributed by atoms with Crippen molar-refractivity contribution in [3.8, 4) is 0 Å². The monoisotopic (exact) mass is 500 g/mol. The maximum Gasteiger partial charge on any atom is 0.194 e. The van der Waals surface area contributed by atoms with Crippen LogP contribution in [0.4, 0.5) is 0 Å². The van der Waals surface area contributed by atoms with Gasteiger partial charge in [-0.25, -0.2) is 0 Å². The molecule has 0 aromatic heterocycles. The summed E-state index contributed by atoms with van der Waals surface area (Å²) in [4.78, 5) is 10.0. The maximum absolute atomic E-state index is 6.03. The van der Waals surface area contributed by atoms with E-state index in [1.807, 2.05) is 0 Å². The van der Waals surface area contributed by atoms with Gasteiger partial charge in [-0.15, -0.1) is 24.0 Å². The summed E-state index contributed by atoms with van der Waals surface area (Å²) >= 11 is 0. The van der Waals surface area contributed by atoms with Crippen molar-refractivity contribution < 1.29 is 4.74 Å². The summed E-state index contributed by atoms with van der Waals surface area (Å²) in [6, 6.07) is 10.6. The fourth-order valence-corrected chi connectivity index (χ4v) is 4.12. The number of nitrogens with zero attached hydrogens (tertiary/aromatic N) is 3. The number of rotatable bonds is 6. The molecule has 2 aliphatic heterocycles. The van der Waals surface area contributed by atoms with Gasteiger partial charge in [0.15, 0.2) is 5.96 Å². The van der Waals surface area contributed by atoms with Crippen LogP contribution in [0, 0.1) is 11.8 Å². The third kappa shape index (κ3) is 6.59. The van der Waals surface area contributed by atoms with Crippen LogP contribution in [-0.4, -0.2) is 68.2 Å². The molecular formula is C22H37IN4O. The Hall–Kier alpha value is -0.860. The van der Waals surface area contributed by atoms with Crippen LogP contribution in [0.2, 0.25) is 0 Å². The standard InChI is InChI=1S/C22H36N4O.HI/c1-4-23-22(26-13-11-25(12-14-26)17-18(2)3)24-16-20-10-15-27-21(20)19-8-6-5-7-9-19;/h5-9,18,20-21H,4,10-17H2,1-3H3,(H,23,24);1H. The van der Waals surface area contributed by atoms with Gasteiger partial charge in [0.25, 0.3) is 0 Å². The number of hydrogen-bond donors (Lipinski definition) is 1. The number of halogens is 1. The van der Waals surface area contributed by atoms with Crippen LogP contribution in [0.3, 0.4) is 0 Å². The van der Waals surface area contributed by atoms with Crippen molar-refractivity contribution in [1.29, 1.82) is 0 Å². The molecule has 0 bridgehead atoms. The highest BCUT2D eigenvalue weighted by molar-refractivity contribution is 14.0. The molecule has 158 valence electrons. The number of hydrogen-bond acceptors (Lipinski definition) is 3. The molecule has 2 atom stereocenters. The molecule has 2 heterocycles. The van der Waals surface area contributed by atoms with Crippen molar-refractivity contribution in [1.82, 2.24) is 15.1 Å². The number of benzene rings is 1. The van der Waals surface area contributed by atoms with Gasteiger partial charge < -0.3 is 15.0 Å². The molecule has 1 N–H and O–H groups in total. The van der Waals surface area contributed by atoms with Crippen molar-refractivity contribution in [2.75, 3.05) is 52.4 Å². The lowest BCUT2D eigenvalue weighted by Crippen LogP contribution is -2.53. The van der Waals surface area contributed by atoms with E-state index in [0.29, 0.717) is 5.92 Å². The molecule has 1 aromatic rings. The molecule has 2 aliphatic rings. The average Bonchev–Trinajstić information content (AvgIpc) is 3.15. The van der Waals surface area contributed by atoms with Gasteiger partial charge >= 0.3 is 0 Å². The maximum atomic E-state index is 6.03. The second kappa shape index (κ2) is 12.0. The van der Waals surface area contributed by atoms with Gasteiger partial charge in [-0.3, -0.25) is 9.89 Å². The van der Waals surface area contributed by atoms with E-state index in [-0.39, 0.29) is 30.1 Å². The third-order valence-electron chi connectivity index (χ3n) is 5.45. The summed E-state index contributed by atoms with van der Waals surface area (Å²) < 4.78 is 6.03. The molecule has 2 saturated heterocycles. The minimum Gasteiger partial charge on any atom is -0.373 e. The number of aliphatic imine (C=N–C) groups is 1. The lowest BCUT2D eigenvalue weighted by atomic mass is 9.95. The highest BCUT2D eigenvalue weighted by atomic mass is 127. The van der Waals surface area contributed by atoms with E-state index in [1.54, 1.807) is 0 Å². The molecule has 0 saturated carbocycles. The minimum absolute atomic E-state index is 0. The first-order chi connectivity index (χ1) is 13.2. The molecule has 0 radical (unpaired) electrons. The smallest absolute Gasteiger partial charge is 0.194 e. The Balaban J connectivity index is 0.00000280. The minimum atomic E-state index is 0. The van der Waals surface area contributed by atoms with Gasteiger partial charge in [-0.2, -0.15) is 0 Å². The van der Waals surface area contributed by atoms with Crippen molar-refractivity contribution in [3.05, 3.63) is 35.9 Å². The highest BCUT2D eigenvalue weighted by Gasteiger charge is 2.30. The molecule has 0 aliphatic carbocycles. The summed E-state index contributed by atoms with van der Waals surface area (Å²) in [6.07, 6.45) is 1.27. The van der Waals surface area contributed by atoms with E-state index in [9.17, 15) is 0 Å². The normalized spacial score (nSPS) is 23.7. The third-order valence-corrected chi connectivity index (χ3v) is 5.45. The van der Waals surface area contributed by atoms with E-state index in [4.69, 9.17) is 9.73 Å². The Labute approximate surface area is 187 Å². The molecule has 2 unspecified atom stereocenters.